The first-order valence-electron chi connectivity index (χ1n) is 12.9. The van der Waals surface area contributed by atoms with Crippen molar-refractivity contribution in [2.45, 2.75) is 57.0 Å². The topological polar surface area (TPSA) is 60.5 Å². The van der Waals surface area contributed by atoms with Crippen LogP contribution in [0.3, 0.4) is 0 Å². The first-order chi connectivity index (χ1) is 17.5. The van der Waals surface area contributed by atoms with E-state index in [0.29, 0.717) is 18.2 Å². The van der Waals surface area contributed by atoms with Gasteiger partial charge in [0.2, 0.25) is 5.91 Å². The fraction of sp³-hybridized carbons (Fsp3) is 0.552. The summed E-state index contributed by atoms with van der Waals surface area (Å²) in [6.07, 6.45) is 6.64. The molecular formula is C29H40N2O5. The minimum Gasteiger partial charge on any atom is -0.493 e. The summed E-state index contributed by atoms with van der Waals surface area (Å²) in [7, 11) is 8.84. The molecule has 2 atom stereocenters. The fourth-order valence-corrected chi connectivity index (χ4v) is 5.72. The van der Waals surface area contributed by atoms with E-state index < -0.39 is 0 Å². The molecule has 1 heterocycles. The van der Waals surface area contributed by atoms with Crippen LogP contribution in [0.5, 0.6) is 23.0 Å². The molecule has 0 radical (unpaired) electrons. The van der Waals surface area contributed by atoms with Crippen molar-refractivity contribution in [3.05, 3.63) is 47.0 Å². The highest BCUT2D eigenvalue weighted by molar-refractivity contribution is 5.80. The van der Waals surface area contributed by atoms with Gasteiger partial charge in [0.05, 0.1) is 34.9 Å². The van der Waals surface area contributed by atoms with Crippen LogP contribution in [0.25, 0.3) is 0 Å². The molecule has 7 nitrogen and oxygen atoms in total. The lowest BCUT2D eigenvalue weighted by atomic mass is 9.88. The molecule has 1 aliphatic heterocycles. The fourth-order valence-electron chi connectivity index (χ4n) is 5.72. The van der Waals surface area contributed by atoms with E-state index in [1.54, 1.807) is 28.4 Å². The smallest absolute Gasteiger partial charge is 0.227 e. The maximum atomic E-state index is 13.3. The Morgan fingerprint density at radius 3 is 2.25 bits per heavy atom. The molecule has 0 aromatic heterocycles. The molecule has 1 amide bonds. The van der Waals surface area contributed by atoms with Gasteiger partial charge in [0.25, 0.3) is 0 Å². The minimum absolute atomic E-state index is 0.222. The second-order valence-corrected chi connectivity index (χ2v) is 9.88. The standard InChI is InChI=1S/C29H40N2O5/c1-30(13-11-20-9-10-25(33-2)26(15-20)34-3)23-7-6-8-24(19-23)31-14-12-21-16-27(35-4)28(36-5)17-22(21)18-29(31)32/h9-10,15-17,23-24H,6-8,11-14,18-19H2,1-5H3/t23-,24+/m1/s1. The highest BCUT2D eigenvalue weighted by Crippen LogP contribution is 2.34. The Balaban J connectivity index is 1.38. The quantitative estimate of drug-likeness (QED) is 0.520. The number of hydrogen-bond donors (Lipinski definition) is 0. The number of methoxy groups -OCH3 is 4. The molecule has 2 aromatic carbocycles. The largest absolute Gasteiger partial charge is 0.493 e. The van der Waals surface area contributed by atoms with E-state index in [-0.39, 0.29) is 11.9 Å². The molecule has 0 unspecified atom stereocenters. The zero-order chi connectivity index (χ0) is 25.7. The summed E-state index contributed by atoms with van der Waals surface area (Å²) in [4.78, 5) is 18.0. The summed E-state index contributed by atoms with van der Waals surface area (Å²) in [5.41, 5.74) is 3.47. The molecule has 0 bridgehead atoms. The molecule has 1 aliphatic carbocycles. The number of hydrogen-bond acceptors (Lipinski definition) is 6. The molecule has 2 aliphatic rings. The van der Waals surface area contributed by atoms with Crippen molar-refractivity contribution in [2.24, 2.45) is 0 Å². The molecule has 1 fully saturated rings. The average Bonchev–Trinajstić information content (AvgIpc) is 3.08. The third-order valence-corrected chi connectivity index (χ3v) is 7.87. The van der Waals surface area contributed by atoms with Crippen molar-refractivity contribution in [2.75, 3.05) is 48.6 Å². The summed E-state index contributed by atoms with van der Waals surface area (Å²) in [6, 6.07) is 10.9. The molecule has 0 N–H and O–H groups in total. The van der Waals surface area contributed by atoms with Crippen molar-refractivity contribution < 1.29 is 23.7 Å². The maximum absolute atomic E-state index is 13.3. The Kier molecular flexibility index (Phi) is 8.62. The Bertz CT molecular complexity index is 1060. The molecule has 7 heteroatoms. The maximum Gasteiger partial charge on any atom is 0.227 e. The van der Waals surface area contributed by atoms with E-state index in [2.05, 4.69) is 29.0 Å². The molecule has 0 spiro atoms. The highest BCUT2D eigenvalue weighted by atomic mass is 16.5. The Labute approximate surface area is 215 Å². The third-order valence-electron chi connectivity index (χ3n) is 7.87. The summed E-state index contributed by atoms with van der Waals surface area (Å²) in [6.45, 7) is 1.72. The normalized spacial score (nSPS) is 20.1. The van der Waals surface area contributed by atoms with Gasteiger partial charge in [-0.1, -0.05) is 6.07 Å². The second kappa shape index (κ2) is 11.9. The SMILES string of the molecule is COc1ccc(CCN(C)[C@@H]2CCC[C@H](N3CCc4cc(OC)c(OC)cc4CC3=O)C2)cc1OC. The zero-order valence-corrected chi connectivity index (χ0v) is 22.3. The minimum atomic E-state index is 0.222. The predicted octanol–water partition coefficient (Wildman–Crippen LogP) is 4.13. The Morgan fingerprint density at radius 2 is 1.56 bits per heavy atom. The number of rotatable bonds is 9. The number of likely N-dealkylation sites (N-methyl/N-ethyl adjacent to an activating group) is 1. The van der Waals surface area contributed by atoms with Gasteiger partial charge in [-0.2, -0.15) is 0 Å². The average molecular weight is 497 g/mol. The zero-order valence-electron chi connectivity index (χ0n) is 22.3. The van der Waals surface area contributed by atoms with Gasteiger partial charge >= 0.3 is 0 Å². The monoisotopic (exact) mass is 496 g/mol. The summed E-state index contributed by atoms with van der Waals surface area (Å²) in [5, 5.41) is 0. The van der Waals surface area contributed by atoms with Gasteiger partial charge in [-0.3, -0.25) is 4.79 Å². The van der Waals surface area contributed by atoms with Crippen LogP contribution in [0.15, 0.2) is 30.3 Å². The predicted molar refractivity (Wildman–Crippen MR) is 141 cm³/mol. The van der Waals surface area contributed by atoms with Crippen molar-refractivity contribution in [3.63, 3.8) is 0 Å². The summed E-state index contributed by atoms with van der Waals surface area (Å²) >= 11 is 0. The van der Waals surface area contributed by atoms with Gasteiger partial charge < -0.3 is 28.7 Å². The molecule has 1 saturated carbocycles. The second-order valence-electron chi connectivity index (χ2n) is 9.88. The van der Waals surface area contributed by atoms with Crippen LogP contribution in [-0.2, 0) is 24.1 Å². The van der Waals surface area contributed by atoms with Gasteiger partial charge in [-0.25, -0.2) is 0 Å². The van der Waals surface area contributed by atoms with Gasteiger partial charge in [0.15, 0.2) is 23.0 Å². The van der Waals surface area contributed by atoms with Crippen molar-refractivity contribution >= 4 is 5.91 Å². The van der Waals surface area contributed by atoms with Gasteiger partial charge in [-0.05, 0) is 86.5 Å². The van der Waals surface area contributed by atoms with Gasteiger partial charge in [-0.15, -0.1) is 0 Å². The number of amides is 1. The number of ether oxygens (including phenoxy) is 4. The molecule has 36 heavy (non-hydrogen) atoms. The molecule has 2 aromatic rings. The van der Waals surface area contributed by atoms with Crippen molar-refractivity contribution in [3.8, 4) is 23.0 Å². The van der Waals surface area contributed by atoms with Crippen molar-refractivity contribution in [1.82, 2.24) is 9.80 Å². The first-order valence-corrected chi connectivity index (χ1v) is 12.9. The highest BCUT2D eigenvalue weighted by Gasteiger charge is 2.33. The van der Waals surface area contributed by atoms with Crippen LogP contribution in [-0.4, -0.2) is 76.4 Å². The van der Waals surface area contributed by atoms with E-state index in [1.807, 2.05) is 18.2 Å². The van der Waals surface area contributed by atoms with Gasteiger partial charge in [0, 0.05) is 25.2 Å². The lowest BCUT2D eigenvalue weighted by Crippen LogP contribution is -2.48. The molecule has 0 saturated heterocycles. The van der Waals surface area contributed by atoms with Crippen LogP contribution >= 0.6 is 0 Å². The van der Waals surface area contributed by atoms with Crippen LogP contribution in [0.1, 0.15) is 42.4 Å². The van der Waals surface area contributed by atoms with Crippen LogP contribution in [0.2, 0.25) is 0 Å². The van der Waals surface area contributed by atoms with E-state index in [9.17, 15) is 4.79 Å². The Morgan fingerprint density at radius 1 is 0.889 bits per heavy atom. The lowest BCUT2D eigenvalue weighted by Gasteiger charge is -2.40. The van der Waals surface area contributed by atoms with E-state index >= 15 is 0 Å². The van der Waals surface area contributed by atoms with Crippen LogP contribution in [0.4, 0.5) is 0 Å². The van der Waals surface area contributed by atoms with Gasteiger partial charge in [0.1, 0.15) is 0 Å². The summed E-state index contributed by atoms with van der Waals surface area (Å²) in [5.74, 6) is 3.16. The number of carbonyl (C=O) groups is 1. The van der Waals surface area contributed by atoms with E-state index in [4.69, 9.17) is 18.9 Å². The lowest BCUT2D eigenvalue weighted by molar-refractivity contribution is -0.133. The molecule has 196 valence electrons. The van der Waals surface area contributed by atoms with Crippen molar-refractivity contribution in [1.29, 1.82) is 0 Å². The number of nitrogens with zero attached hydrogens (tertiary/aromatic N) is 2. The molecule has 4 rings (SSSR count). The number of benzene rings is 2. The van der Waals surface area contributed by atoms with Crippen LogP contribution in [0, 0.1) is 0 Å². The number of fused-ring (bicyclic) bond motifs is 1. The molecular weight excluding hydrogens is 456 g/mol. The third kappa shape index (κ3) is 5.72. The Hall–Kier alpha value is -2.93. The summed E-state index contributed by atoms with van der Waals surface area (Å²) < 4.78 is 21.8. The van der Waals surface area contributed by atoms with Crippen LogP contribution < -0.4 is 18.9 Å². The van der Waals surface area contributed by atoms with E-state index in [0.717, 1.165) is 68.0 Å². The van der Waals surface area contributed by atoms with E-state index in [1.165, 1.54) is 17.5 Å². The number of carbonyl (C=O) groups excluding carboxylic acids is 1. The first kappa shape index (κ1) is 26.1.